The van der Waals surface area contributed by atoms with Gasteiger partial charge in [0.15, 0.2) is 5.66 Å². The highest BCUT2D eigenvalue weighted by Gasteiger charge is 2.54. The molecule has 33 heavy (non-hydrogen) atoms. The second kappa shape index (κ2) is 7.90. The molecule has 0 spiro atoms. The number of carbonyl (C=O) groups is 2. The van der Waals surface area contributed by atoms with Gasteiger partial charge in [-0.25, -0.2) is 9.80 Å². The number of benzene rings is 2. The first kappa shape index (κ1) is 22.8. The number of anilines is 2. The Balaban J connectivity index is 1.97. The third-order valence-electron chi connectivity index (χ3n) is 6.82. The Kier molecular flexibility index (Phi) is 5.47. The molecule has 0 saturated heterocycles. The summed E-state index contributed by atoms with van der Waals surface area (Å²) in [6.07, 6.45) is 0. The SMILES string of the molecule is COC(=O)C1=NN(c2ccc(C)cc2)[C@]2(C)CN([C@@H](C)C(C)(C)C)C(=O)c3ccccc3N12. The molecule has 2 aromatic carbocycles. The van der Waals surface area contributed by atoms with Crippen LogP contribution in [0, 0.1) is 12.3 Å². The van der Waals surface area contributed by atoms with Crippen LogP contribution in [0.25, 0.3) is 0 Å². The van der Waals surface area contributed by atoms with E-state index in [1.54, 1.807) is 0 Å². The van der Waals surface area contributed by atoms with Crippen molar-refractivity contribution < 1.29 is 14.3 Å². The number of hydrogen-bond acceptors (Lipinski definition) is 6. The summed E-state index contributed by atoms with van der Waals surface area (Å²) < 4.78 is 5.11. The lowest BCUT2D eigenvalue weighted by molar-refractivity contribution is -0.132. The van der Waals surface area contributed by atoms with Crippen LogP contribution in [0.3, 0.4) is 0 Å². The van der Waals surface area contributed by atoms with Crippen LogP contribution in [0.2, 0.25) is 0 Å². The van der Waals surface area contributed by atoms with E-state index in [1.165, 1.54) is 7.11 Å². The lowest BCUT2D eigenvalue weighted by Gasteiger charge is -2.45. The Labute approximate surface area is 195 Å². The van der Waals surface area contributed by atoms with Crippen molar-refractivity contribution in [1.82, 2.24) is 4.90 Å². The zero-order valence-electron chi connectivity index (χ0n) is 20.4. The summed E-state index contributed by atoms with van der Waals surface area (Å²) in [7, 11) is 1.35. The molecule has 2 aromatic rings. The number of esters is 1. The maximum Gasteiger partial charge on any atom is 0.376 e. The molecule has 0 fully saturated rings. The first-order chi connectivity index (χ1) is 15.5. The van der Waals surface area contributed by atoms with Crippen LogP contribution in [-0.2, 0) is 9.53 Å². The monoisotopic (exact) mass is 448 g/mol. The van der Waals surface area contributed by atoms with Gasteiger partial charge in [-0.3, -0.25) is 9.69 Å². The molecule has 0 N–H and O–H groups in total. The van der Waals surface area contributed by atoms with Gasteiger partial charge in [0.05, 0.1) is 30.6 Å². The lowest BCUT2D eigenvalue weighted by atomic mass is 9.86. The van der Waals surface area contributed by atoms with Gasteiger partial charge in [-0.05, 0) is 50.5 Å². The van der Waals surface area contributed by atoms with E-state index in [2.05, 4.69) is 27.7 Å². The predicted molar refractivity (Wildman–Crippen MR) is 130 cm³/mol. The number of hydrazone groups is 1. The standard InChI is InChI=1S/C26H32N4O3/c1-17-12-14-19(15-13-17)30-26(6)16-28(18(2)25(3,4)5)23(31)20-10-8-9-11-21(20)29(26)22(27-30)24(32)33-7/h8-15,18H,16H2,1-7H3/t18-,26+/m0/s1. The third kappa shape index (κ3) is 3.65. The van der Waals surface area contributed by atoms with Gasteiger partial charge in [0.25, 0.3) is 5.91 Å². The average molecular weight is 449 g/mol. The van der Waals surface area contributed by atoms with Crippen LogP contribution in [0.4, 0.5) is 11.4 Å². The van der Waals surface area contributed by atoms with Gasteiger partial charge in [-0.2, -0.15) is 0 Å². The highest BCUT2D eigenvalue weighted by Crippen LogP contribution is 2.43. The number of fused-ring (bicyclic) bond motifs is 3. The van der Waals surface area contributed by atoms with Crippen molar-refractivity contribution in [2.45, 2.75) is 53.2 Å². The second-order valence-electron chi connectivity index (χ2n) is 10.1. The fourth-order valence-corrected chi connectivity index (χ4v) is 4.51. The van der Waals surface area contributed by atoms with Gasteiger partial charge < -0.3 is 9.64 Å². The number of carbonyl (C=O) groups excluding carboxylic acids is 2. The van der Waals surface area contributed by atoms with Gasteiger partial charge in [-0.1, -0.05) is 50.6 Å². The first-order valence-electron chi connectivity index (χ1n) is 11.2. The number of hydrogen-bond donors (Lipinski definition) is 0. The van der Waals surface area contributed by atoms with E-state index in [-0.39, 0.29) is 23.2 Å². The predicted octanol–water partition coefficient (Wildman–Crippen LogP) is 4.41. The molecule has 0 aromatic heterocycles. The van der Waals surface area contributed by atoms with E-state index in [0.29, 0.717) is 17.8 Å². The van der Waals surface area contributed by atoms with Crippen LogP contribution in [0.1, 0.15) is 50.5 Å². The van der Waals surface area contributed by atoms with Crippen molar-refractivity contribution in [2.75, 3.05) is 23.6 Å². The summed E-state index contributed by atoms with van der Waals surface area (Å²) in [5, 5.41) is 6.60. The Hall–Kier alpha value is -3.35. The maximum absolute atomic E-state index is 13.9. The molecule has 7 nitrogen and oxygen atoms in total. The zero-order chi connectivity index (χ0) is 24.1. The summed E-state index contributed by atoms with van der Waals surface area (Å²) in [5.74, 6) is -0.446. The van der Waals surface area contributed by atoms with Crippen molar-refractivity contribution in [3.63, 3.8) is 0 Å². The van der Waals surface area contributed by atoms with E-state index in [1.807, 2.05) is 77.2 Å². The zero-order valence-corrected chi connectivity index (χ0v) is 20.4. The van der Waals surface area contributed by atoms with Gasteiger partial charge in [0.1, 0.15) is 0 Å². The maximum atomic E-state index is 13.9. The highest BCUT2D eigenvalue weighted by molar-refractivity contribution is 6.42. The molecule has 2 heterocycles. The molecule has 2 aliphatic heterocycles. The van der Waals surface area contributed by atoms with Gasteiger partial charge in [0.2, 0.25) is 5.84 Å². The first-order valence-corrected chi connectivity index (χ1v) is 11.2. The van der Waals surface area contributed by atoms with Crippen molar-refractivity contribution in [3.05, 3.63) is 59.7 Å². The van der Waals surface area contributed by atoms with Crippen LogP contribution in [0.5, 0.6) is 0 Å². The van der Waals surface area contributed by atoms with Crippen LogP contribution in [-0.4, -0.2) is 48.0 Å². The van der Waals surface area contributed by atoms with Crippen molar-refractivity contribution in [1.29, 1.82) is 0 Å². The number of aryl methyl sites for hydroxylation is 1. The second-order valence-corrected chi connectivity index (χ2v) is 10.1. The minimum Gasteiger partial charge on any atom is -0.463 e. The number of methoxy groups -OCH3 is 1. The number of amides is 1. The fourth-order valence-electron chi connectivity index (χ4n) is 4.51. The van der Waals surface area contributed by atoms with E-state index in [9.17, 15) is 9.59 Å². The normalized spacial score (nSPS) is 21.2. The molecule has 0 saturated carbocycles. The highest BCUT2D eigenvalue weighted by atomic mass is 16.5. The summed E-state index contributed by atoms with van der Waals surface area (Å²) in [6, 6.07) is 15.3. The molecule has 174 valence electrons. The van der Waals surface area contributed by atoms with E-state index < -0.39 is 11.6 Å². The Morgan fingerprint density at radius 1 is 1.12 bits per heavy atom. The van der Waals surface area contributed by atoms with Gasteiger partial charge in [-0.15, -0.1) is 5.10 Å². The van der Waals surface area contributed by atoms with E-state index in [4.69, 9.17) is 9.84 Å². The lowest BCUT2D eigenvalue weighted by Crippen LogP contribution is -2.62. The van der Waals surface area contributed by atoms with Crippen LogP contribution >= 0.6 is 0 Å². The van der Waals surface area contributed by atoms with Crippen molar-refractivity contribution in [2.24, 2.45) is 10.5 Å². The number of rotatable bonds is 3. The van der Waals surface area contributed by atoms with Crippen molar-refractivity contribution >= 4 is 29.1 Å². The number of nitrogens with zero attached hydrogens (tertiary/aromatic N) is 4. The average Bonchev–Trinajstić information content (AvgIpc) is 3.03. The summed E-state index contributed by atoms with van der Waals surface area (Å²) in [6.45, 7) is 12.9. The molecule has 1 amide bonds. The molecule has 7 heteroatoms. The molecular weight excluding hydrogens is 416 g/mol. The minimum absolute atomic E-state index is 0.0584. The fraction of sp³-hybridized carbons (Fsp3) is 0.423. The number of amidine groups is 1. The summed E-state index contributed by atoms with van der Waals surface area (Å²) in [4.78, 5) is 30.5. The Bertz CT molecular complexity index is 1120. The molecule has 0 bridgehead atoms. The molecular formula is C26H32N4O3. The van der Waals surface area contributed by atoms with Gasteiger partial charge >= 0.3 is 5.97 Å². The Morgan fingerprint density at radius 2 is 1.76 bits per heavy atom. The number of para-hydroxylation sites is 1. The smallest absolute Gasteiger partial charge is 0.376 e. The molecule has 0 radical (unpaired) electrons. The molecule has 0 aliphatic carbocycles. The molecule has 2 atom stereocenters. The van der Waals surface area contributed by atoms with Crippen molar-refractivity contribution in [3.8, 4) is 0 Å². The molecule has 0 unspecified atom stereocenters. The molecule has 4 rings (SSSR count). The summed E-state index contributed by atoms with van der Waals surface area (Å²) >= 11 is 0. The van der Waals surface area contributed by atoms with Crippen LogP contribution < -0.4 is 9.91 Å². The number of ether oxygens (including phenoxy) is 1. The minimum atomic E-state index is -0.847. The van der Waals surface area contributed by atoms with Crippen LogP contribution in [0.15, 0.2) is 53.6 Å². The quantitative estimate of drug-likeness (QED) is 0.651. The van der Waals surface area contributed by atoms with Gasteiger partial charge in [0, 0.05) is 6.04 Å². The topological polar surface area (TPSA) is 65.5 Å². The third-order valence-corrected chi connectivity index (χ3v) is 6.82. The molecule has 2 aliphatic rings. The van der Waals surface area contributed by atoms with E-state index >= 15 is 0 Å². The van der Waals surface area contributed by atoms with E-state index in [0.717, 1.165) is 11.3 Å². The Morgan fingerprint density at radius 3 is 2.36 bits per heavy atom. The largest absolute Gasteiger partial charge is 0.463 e. The summed E-state index contributed by atoms with van der Waals surface area (Å²) in [5.41, 5.74) is 2.16.